The number of rotatable bonds is 3. The fraction of sp³-hybridized carbons (Fsp3) is 0.818. The van der Waals surface area contributed by atoms with Gasteiger partial charge in [0.2, 0.25) is 11.8 Å². The molecular formula is C11H19N3O2. The molecule has 1 saturated heterocycles. The first-order chi connectivity index (χ1) is 7.49. The van der Waals surface area contributed by atoms with Crippen LogP contribution in [0.3, 0.4) is 0 Å². The van der Waals surface area contributed by atoms with Crippen LogP contribution in [0.25, 0.3) is 0 Å². The Labute approximate surface area is 95.6 Å². The van der Waals surface area contributed by atoms with Gasteiger partial charge in [0.05, 0.1) is 12.1 Å². The van der Waals surface area contributed by atoms with Crippen LogP contribution < -0.4 is 10.6 Å². The van der Waals surface area contributed by atoms with Crippen LogP contribution in [0.1, 0.15) is 26.7 Å². The average molecular weight is 225 g/mol. The Morgan fingerprint density at radius 1 is 1.56 bits per heavy atom. The molecule has 1 aliphatic heterocycles. The van der Waals surface area contributed by atoms with Crippen LogP contribution in [-0.4, -0.2) is 47.9 Å². The maximum absolute atomic E-state index is 12.0. The number of carbonyl (C=O) groups excluding carboxylic acids is 2. The first-order valence-electron chi connectivity index (χ1n) is 5.83. The summed E-state index contributed by atoms with van der Waals surface area (Å²) in [5.74, 6) is -0.0294. The van der Waals surface area contributed by atoms with Gasteiger partial charge in [-0.15, -0.1) is 0 Å². The number of nitrogens with zero attached hydrogens (tertiary/aromatic N) is 1. The van der Waals surface area contributed by atoms with Crippen molar-refractivity contribution < 1.29 is 9.59 Å². The summed E-state index contributed by atoms with van der Waals surface area (Å²) >= 11 is 0. The molecule has 2 fully saturated rings. The van der Waals surface area contributed by atoms with Gasteiger partial charge in [-0.05, 0) is 26.7 Å². The molecule has 0 bridgehead atoms. The van der Waals surface area contributed by atoms with Crippen molar-refractivity contribution in [2.24, 2.45) is 0 Å². The van der Waals surface area contributed by atoms with E-state index >= 15 is 0 Å². The molecule has 1 saturated carbocycles. The smallest absolute Gasteiger partial charge is 0.242 e. The van der Waals surface area contributed by atoms with E-state index in [1.54, 1.807) is 4.90 Å². The van der Waals surface area contributed by atoms with Crippen molar-refractivity contribution in [3.63, 3.8) is 0 Å². The number of piperazine rings is 1. The van der Waals surface area contributed by atoms with Crippen molar-refractivity contribution in [3.05, 3.63) is 0 Å². The molecule has 2 aliphatic rings. The summed E-state index contributed by atoms with van der Waals surface area (Å²) in [7, 11) is 0. The van der Waals surface area contributed by atoms with Crippen LogP contribution in [0.4, 0.5) is 0 Å². The predicted octanol–water partition coefficient (Wildman–Crippen LogP) is -0.525. The zero-order valence-electron chi connectivity index (χ0n) is 9.88. The Balaban J connectivity index is 1.87. The van der Waals surface area contributed by atoms with Crippen molar-refractivity contribution in [1.29, 1.82) is 0 Å². The third-order valence-corrected chi connectivity index (χ3v) is 3.05. The molecule has 0 aromatic heterocycles. The van der Waals surface area contributed by atoms with Crippen molar-refractivity contribution in [1.82, 2.24) is 15.5 Å². The van der Waals surface area contributed by atoms with Gasteiger partial charge in [-0.3, -0.25) is 9.59 Å². The molecule has 0 radical (unpaired) electrons. The van der Waals surface area contributed by atoms with E-state index in [1.807, 2.05) is 13.8 Å². The Bertz CT molecular complexity index is 310. The first-order valence-corrected chi connectivity index (χ1v) is 5.83. The molecule has 2 N–H and O–H groups in total. The van der Waals surface area contributed by atoms with Gasteiger partial charge in [0, 0.05) is 19.1 Å². The second kappa shape index (κ2) is 4.05. The lowest BCUT2D eigenvalue weighted by Crippen LogP contribution is -2.62. The maximum atomic E-state index is 12.0. The minimum atomic E-state index is -0.544. The van der Waals surface area contributed by atoms with Crippen molar-refractivity contribution in [2.45, 2.75) is 38.3 Å². The van der Waals surface area contributed by atoms with Crippen molar-refractivity contribution >= 4 is 11.8 Å². The monoisotopic (exact) mass is 225 g/mol. The molecule has 5 nitrogen and oxygen atoms in total. The second-order valence-corrected chi connectivity index (χ2v) is 5.12. The van der Waals surface area contributed by atoms with Crippen molar-refractivity contribution in [2.75, 3.05) is 19.6 Å². The summed E-state index contributed by atoms with van der Waals surface area (Å²) in [5, 5.41) is 6.04. The van der Waals surface area contributed by atoms with Gasteiger partial charge in [-0.1, -0.05) is 0 Å². The molecule has 5 heteroatoms. The molecule has 1 heterocycles. The zero-order valence-corrected chi connectivity index (χ0v) is 9.88. The minimum Gasteiger partial charge on any atom is -0.352 e. The minimum absolute atomic E-state index is 0.00435. The van der Waals surface area contributed by atoms with Crippen LogP contribution in [0.2, 0.25) is 0 Å². The second-order valence-electron chi connectivity index (χ2n) is 5.12. The molecule has 0 aromatic rings. The first kappa shape index (κ1) is 11.4. The fourth-order valence-electron chi connectivity index (χ4n) is 1.90. The lowest BCUT2D eigenvalue weighted by molar-refractivity contribution is -0.143. The summed E-state index contributed by atoms with van der Waals surface area (Å²) in [6.07, 6.45) is 2.15. The van der Waals surface area contributed by atoms with Gasteiger partial charge < -0.3 is 15.5 Å². The standard InChI is InChI=1S/C11H19N3O2/c1-11(2)10(16)14(6-5-12-11)7-9(15)13-8-3-4-8/h8,12H,3-7H2,1-2H3,(H,13,15). The number of amides is 2. The number of carbonyl (C=O) groups is 2. The molecule has 2 amide bonds. The summed E-state index contributed by atoms with van der Waals surface area (Å²) in [6.45, 7) is 5.25. The Morgan fingerprint density at radius 3 is 2.88 bits per heavy atom. The van der Waals surface area contributed by atoms with Gasteiger partial charge in [-0.25, -0.2) is 0 Å². The van der Waals surface area contributed by atoms with Gasteiger partial charge in [0.25, 0.3) is 0 Å². The van der Waals surface area contributed by atoms with E-state index in [1.165, 1.54) is 0 Å². The molecule has 2 rings (SSSR count). The van der Waals surface area contributed by atoms with Gasteiger partial charge in [0.1, 0.15) is 0 Å². The molecule has 0 atom stereocenters. The summed E-state index contributed by atoms with van der Waals surface area (Å²) in [5.41, 5.74) is -0.544. The van der Waals surface area contributed by atoms with Crippen LogP contribution in [0.15, 0.2) is 0 Å². The largest absolute Gasteiger partial charge is 0.352 e. The molecule has 0 spiro atoms. The quantitative estimate of drug-likeness (QED) is 0.679. The number of hydrogen-bond acceptors (Lipinski definition) is 3. The highest BCUT2D eigenvalue weighted by molar-refractivity contribution is 5.90. The Morgan fingerprint density at radius 2 is 2.25 bits per heavy atom. The highest BCUT2D eigenvalue weighted by Crippen LogP contribution is 2.18. The lowest BCUT2D eigenvalue weighted by atomic mass is 10.0. The van der Waals surface area contributed by atoms with Gasteiger partial charge >= 0.3 is 0 Å². The Hall–Kier alpha value is -1.10. The summed E-state index contributed by atoms with van der Waals surface area (Å²) < 4.78 is 0. The molecule has 0 unspecified atom stereocenters. The molecule has 16 heavy (non-hydrogen) atoms. The van der Waals surface area contributed by atoms with E-state index in [2.05, 4.69) is 10.6 Å². The number of hydrogen-bond donors (Lipinski definition) is 2. The Kier molecular flexibility index (Phi) is 2.88. The highest BCUT2D eigenvalue weighted by atomic mass is 16.2. The van der Waals surface area contributed by atoms with E-state index in [0.717, 1.165) is 19.4 Å². The van der Waals surface area contributed by atoms with E-state index < -0.39 is 5.54 Å². The van der Waals surface area contributed by atoms with Gasteiger partial charge in [-0.2, -0.15) is 0 Å². The SMILES string of the molecule is CC1(C)NCCN(CC(=O)NC2CC2)C1=O. The third-order valence-electron chi connectivity index (χ3n) is 3.05. The van der Waals surface area contributed by atoms with E-state index in [9.17, 15) is 9.59 Å². The molecule has 0 aromatic carbocycles. The third kappa shape index (κ3) is 2.52. The van der Waals surface area contributed by atoms with Crippen molar-refractivity contribution in [3.8, 4) is 0 Å². The summed E-state index contributed by atoms with van der Waals surface area (Å²) in [6, 6.07) is 0.360. The zero-order chi connectivity index (χ0) is 11.8. The average Bonchev–Trinajstić information content (AvgIpc) is 2.96. The fourth-order valence-corrected chi connectivity index (χ4v) is 1.90. The topological polar surface area (TPSA) is 61.4 Å². The van der Waals surface area contributed by atoms with E-state index in [4.69, 9.17) is 0 Å². The van der Waals surface area contributed by atoms with Gasteiger partial charge in [0.15, 0.2) is 0 Å². The van der Waals surface area contributed by atoms with Crippen LogP contribution in [0.5, 0.6) is 0 Å². The van der Waals surface area contributed by atoms with Crippen LogP contribution in [-0.2, 0) is 9.59 Å². The summed E-state index contributed by atoms with van der Waals surface area (Å²) in [4.78, 5) is 25.2. The highest BCUT2D eigenvalue weighted by Gasteiger charge is 2.36. The van der Waals surface area contributed by atoms with E-state index in [0.29, 0.717) is 12.6 Å². The van der Waals surface area contributed by atoms with Crippen LogP contribution in [0, 0.1) is 0 Å². The maximum Gasteiger partial charge on any atom is 0.242 e. The molecule has 1 aliphatic carbocycles. The number of nitrogens with one attached hydrogen (secondary N) is 2. The van der Waals surface area contributed by atoms with Crippen LogP contribution >= 0.6 is 0 Å². The van der Waals surface area contributed by atoms with E-state index in [-0.39, 0.29) is 18.4 Å². The molecule has 90 valence electrons. The molecular weight excluding hydrogens is 206 g/mol. The normalized spacial score (nSPS) is 24.4. The lowest BCUT2D eigenvalue weighted by Gasteiger charge is -2.37. The predicted molar refractivity (Wildman–Crippen MR) is 59.8 cm³/mol.